The van der Waals surface area contributed by atoms with E-state index in [2.05, 4.69) is 177 Å². The van der Waals surface area contributed by atoms with Gasteiger partial charge in [0.05, 0.1) is 11.4 Å². The van der Waals surface area contributed by atoms with E-state index in [1.165, 1.54) is 33.0 Å². The van der Waals surface area contributed by atoms with E-state index < -0.39 is 0 Å². The fourth-order valence-corrected chi connectivity index (χ4v) is 7.21. The van der Waals surface area contributed by atoms with Gasteiger partial charge in [-0.2, -0.15) is 0 Å². The van der Waals surface area contributed by atoms with Crippen LogP contribution < -0.4 is 4.90 Å². The maximum Gasteiger partial charge on any atom is 0.159 e. The van der Waals surface area contributed by atoms with Crippen LogP contribution in [0, 0.1) is 0 Å². The van der Waals surface area contributed by atoms with Crippen LogP contribution in [-0.4, -0.2) is 0 Å². The first-order valence-electron chi connectivity index (χ1n) is 16.2. The first kappa shape index (κ1) is 28.2. The van der Waals surface area contributed by atoms with Gasteiger partial charge in [-0.05, 0) is 58.2 Å². The second-order valence-electron chi connectivity index (χ2n) is 13.1. The molecule has 0 fully saturated rings. The minimum Gasteiger partial charge on any atom is -0.454 e. The minimum absolute atomic E-state index is 0.0163. The van der Waals surface area contributed by atoms with Gasteiger partial charge in [-0.3, -0.25) is 0 Å². The van der Waals surface area contributed by atoms with Gasteiger partial charge in [-0.1, -0.05) is 148 Å². The molecule has 6 aromatic carbocycles. The molecule has 1 aromatic heterocycles. The van der Waals surface area contributed by atoms with Gasteiger partial charge < -0.3 is 9.32 Å². The summed E-state index contributed by atoms with van der Waals surface area (Å²) >= 11 is 0. The van der Waals surface area contributed by atoms with Gasteiger partial charge in [0.25, 0.3) is 0 Å². The summed E-state index contributed by atoms with van der Waals surface area (Å²) in [7, 11) is 0. The largest absolute Gasteiger partial charge is 0.454 e. The minimum atomic E-state index is -0.0163. The third kappa shape index (κ3) is 4.73. The third-order valence-corrected chi connectivity index (χ3v) is 9.63. The molecule has 0 N–H and O–H groups in total. The van der Waals surface area contributed by atoms with Crippen LogP contribution in [0.1, 0.15) is 44.2 Å². The summed E-state index contributed by atoms with van der Waals surface area (Å²) in [5, 5.41) is 4.70. The second-order valence-corrected chi connectivity index (χ2v) is 13.1. The maximum absolute atomic E-state index is 7.12. The molecule has 1 atom stereocenters. The Kier molecular flexibility index (Phi) is 6.87. The Hall–Kier alpha value is -5.34. The standard InChI is InChI=1S/C44H37NO/c1-30-14-6-5-11-29-44(2,3)38-28-27-37-36-20-13-22-40(42(36)46-43(37)41(30)38)45(39-21-12-18-33-17-9-10-19-35(33)39)34-25-23-32(24-26-34)31-15-7-4-8-16-31/h4-28,30H,29H2,1-3H3/b11-5-,14-6-. The van der Waals surface area contributed by atoms with Crippen LogP contribution in [0.3, 0.4) is 0 Å². The quantitative estimate of drug-likeness (QED) is 0.201. The van der Waals surface area contributed by atoms with Crippen molar-refractivity contribution in [2.45, 2.75) is 38.5 Å². The zero-order valence-corrected chi connectivity index (χ0v) is 26.6. The highest BCUT2D eigenvalue weighted by Crippen LogP contribution is 2.47. The molecule has 2 nitrogen and oxygen atoms in total. The summed E-state index contributed by atoms with van der Waals surface area (Å²) in [5.74, 6) is 0.212. The number of benzene rings is 6. The normalized spacial score (nSPS) is 17.2. The summed E-state index contributed by atoms with van der Waals surface area (Å²) in [6, 6.07) is 45.8. The van der Waals surface area contributed by atoms with Crippen LogP contribution in [0.15, 0.2) is 156 Å². The highest BCUT2D eigenvalue weighted by molar-refractivity contribution is 6.12. The number of furan rings is 1. The number of rotatable bonds is 4. The van der Waals surface area contributed by atoms with Crippen molar-refractivity contribution in [2.24, 2.45) is 0 Å². The fourth-order valence-electron chi connectivity index (χ4n) is 7.21. The predicted molar refractivity (Wildman–Crippen MR) is 196 cm³/mol. The molecule has 1 unspecified atom stereocenters. The summed E-state index contributed by atoms with van der Waals surface area (Å²) in [5.41, 5.74) is 10.1. The Labute approximate surface area is 270 Å². The zero-order chi connectivity index (χ0) is 31.3. The van der Waals surface area contributed by atoms with E-state index in [9.17, 15) is 0 Å². The molecule has 7 aromatic rings. The van der Waals surface area contributed by atoms with Gasteiger partial charge in [0.15, 0.2) is 5.58 Å². The summed E-state index contributed by atoms with van der Waals surface area (Å²) in [6.45, 7) is 6.97. The average molecular weight is 596 g/mol. The van der Waals surface area contributed by atoms with Crippen molar-refractivity contribution in [2.75, 3.05) is 4.90 Å². The molecule has 0 bridgehead atoms. The lowest BCUT2D eigenvalue weighted by molar-refractivity contribution is 0.525. The predicted octanol–water partition coefficient (Wildman–Crippen LogP) is 12.8. The van der Waals surface area contributed by atoms with E-state index in [1.807, 2.05) is 0 Å². The molecule has 0 radical (unpaired) electrons. The van der Waals surface area contributed by atoms with Gasteiger partial charge in [0, 0.05) is 33.3 Å². The Morgan fingerprint density at radius 2 is 1.28 bits per heavy atom. The van der Waals surface area contributed by atoms with Crippen LogP contribution in [-0.2, 0) is 5.41 Å². The van der Waals surface area contributed by atoms with Gasteiger partial charge in [-0.15, -0.1) is 0 Å². The SMILES string of the molecule is CC1/C=C\C=C/CC(C)(C)c2ccc3c(oc4c(N(c5ccc(-c6ccccc6)cc5)c5cccc6ccccc56)cccc43)c21. The van der Waals surface area contributed by atoms with Crippen molar-refractivity contribution in [1.29, 1.82) is 0 Å². The van der Waals surface area contributed by atoms with Gasteiger partial charge in [0.1, 0.15) is 5.58 Å². The first-order valence-corrected chi connectivity index (χ1v) is 16.2. The molecule has 0 amide bonds. The van der Waals surface area contributed by atoms with Crippen molar-refractivity contribution in [3.63, 3.8) is 0 Å². The number of nitrogens with zero attached hydrogens (tertiary/aromatic N) is 1. The number of hydrogen-bond donors (Lipinski definition) is 0. The fraction of sp³-hybridized carbons (Fsp3) is 0.136. The number of hydrogen-bond acceptors (Lipinski definition) is 2. The Morgan fingerprint density at radius 3 is 2.13 bits per heavy atom. The highest BCUT2D eigenvalue weighted by Gasteiger charge is 2.29. The summed E-state index contributed by atoms with van der Waals surface area (Å²) in [4.78, 5) is 2.37. The first-order chi connectivity index (χ1) is 22.5. The lowest BCUT2D eigenvalue weighted by atomic mass is 9.76. The maximum atomic E-state index is 7.12. The van der Waals surface area contributed by atoms with Crippen molar-refractivity contribution < 1.29 is 4.42 Å². The molecule has 46 heavy (non-hydrogen) atoms. The van der Waals surface area contributed by atoms with Crippen molar-refractivity contribution >= 4 is 49.8 Å². The van der Waals surface area contributed by atoms with Crippen LogP contribution in [0.5, 0.6) is 0 Å². The summed E-state index contributed by atoms with van der Waals surface area (Å²) in [6.07, 6.45) is 9.92. The van der Waals surface area contributed by atoms with E-state index in [0.717, 1.165) is 45.4 Å². The Bertz CT molecular complexity index is 2260. The summed E-state index contributed by atoms with van der Waals surface area (Å²) < 4.78 is 7.12. The van der Waals surface area contributed by atoms with Gasteiger partial charge in [0.2, 0.25) is 0 Å². The molecule has 0 saturated heterocycles. The number of anilines is 3. The van der Waals surface area contributed by atoms with E-state index >= 15 is 0 Å². The lowest BCUT2D eigenvalue weighted by Gasteiger charge is -2.28. The molecular formula is C44H37NO. The van der Waals surface area contributed by atoms with Crippen LogP contribution in [0.2, 0.25) is 0 Å². The number of para-hydroxylation sites is 1. The van der Waals surface area contributed by atoms with Crippen molar-refractivity contribution in [3.05, 3.63) is 163 Å². The smallest absolute Gasteiger partial charge is 0.159 e. The van der Waals surface area contributed by atoms with E-state index in [4.69, 9.17) is 4.42 Å². The highest BCUT2D eigenvalue weighted by atomic mass is 16.3. The number of fused-ring (bicyclic) bond motifs is 6. The second kappa shape index (κ2) is 11.2. The Balaban J connectivity index is 1.39. The van der Waals surface area contributed by atoms with E-state index in [1.54, 1.807) is 0 Å². The topological polar surface area (TPSA) is 16.4 Å². The average Bonchev–Trinajstić information content (AvgIpc) is 3.49. The van der Waals surface area contributed by atoms with E-state index in [0.29, 0.717) is 0 Å². The van der Waals surface area contributed by atoms with Crippen molar-refractivity contribution in [1.82, 2.24) is 0 Å². The molecule has 0 spiro atoms. The van der Waals surface area contributed by atoms with Crippen LogP contribution in [0.25, 0.3) is 43.8 Å². The molecule has 2 heteroatoms. The third-order valence-electron chi connectivity index (χ3n) is 9.63. The lowest BCUT2D eigenvalue weighted by Crippen LogP contribution is -2.19. The molecule has 1 aliphatic carbocycles. The van der Waals surface area contributed by atoms with Crippen LogP contribution in [0.4, 0.5) is 17.1 Å². The molecule has 224 valence electrons. The van der Waals surface area contributed by atoms with E-state index in [-0.39, 0.29) is 11.3 Å². The molecule has 0 saturated carbocycles. The molecule has 1 aliphatic rings. The molecule has 8 rings (SSSR count). The zero-order valence-electron chi connectivity index (χ0n) is 26.6. The number of allylic oxidation sites excluding steroid dienone is 4. The Morgan fingerprint density at radius 1 is 0.609 bits per heavy atom. The molecule has 0 aliphatic heterocycles. The van der Waals surface area contributed by atoms with Crippen LogP contribution >= 0.6 is 0 Å². The molecular weight excluding hydrogens is 558 g/mol. The van der Waals surface area contributed by atoms with Gasteiger partial charge >= 0.3 is 0 Å². The van der Waals surface area contributed by atoms with Gasteiger partial charge in [-0.25, -0.2) is 0 Å². The molecule has 1 heterocycles. The van der Waals surface area contributed by atoms with Crippen molar-refractivity contribution in [3.8, 4) is 11.1 Å². The monoisotopic (exact) mass is 595 g/mol.